The van der Waals surface area contributed by atoms with Crippen molar-refractivity contribution in [2.75, 3.05) is 0 Å². The van der Waals surface area contributed by atoms with Crippen molar-refractivity contribution in [2.45, 2.75) is 39.0 Å². The van der Waals surface area contributed by atoms with Crippen LogP contribution in [-0.2, 0) is 6.18 Å². The molecule has 1 atom stereocenters. The molecule has 1 aromatic carbocycles. The lowest BCUT2D eigenvalue weighted by Crippen LogP contribution is -2.08. The van der Waals surface area contributed by atoms with Gasteiger partial charge in [0.25, 0.3) is 0 Å². The normalized spacial score (nSPS) is 14.0. The molecule has 0 saturated heterocycles. The zero-order chi connectivity index (χ0) is 13.9. The SMILES string of the molecule is CC(C)CCC(O)c1ccc(Br)c(C(F)(F)F)c1. The molecular formula is C13H16BrF3O. The number of hydrogen-bond donors (Lipinski definition) is 1. The predicted octanol–water partition coefficient (Wildman–Crippen LogP) is 4.94. The zero-order valence-electron chi connectivity index (χ0n) is 10.3. The van der Waals surface area contributed by atoms with Crippen molar-refractivity contribution in [1.29, 1.82) is 0 Å². The van der Waals surface area contributed by atoms with E-state index in [0.29, 0.717) is 17.9 Å². The molecule has 0 fully saturated rings. The van der Waals surface area contributed by atoms with Crippen LogP contribution >= 0.6 is 15.9 Å². The van der Waals surface area contributed by atoms with Crippen LogP contribution in [0.2, 0.25) is 0 Å². The Labute approximate surface area is 113 Å². The molecule has 1 aromatic rings. The Balaban J connectivity index is 2.91. The molecule has 0 amide bonds. The van der Waals surface area contributed by atoms with E-state index in [2.05, 4.69) is 15.9 Å². The van der Waals surface area contributed by atoms with E-state index in [1.807, 2.05) is 13.8 Å². The summed E-state index contributed by atoms with van der Waals surface area (Å²) in [5.41, 5.74) is -0.435. The smallest absolute Gasteiger partial charge is 0.388 e. The van der Waals surface area contributed by atoms with Crippen LogP contribution in [0.25, 0.3) is 0 Å². The highest BCUT2D eigenvalue weighted by Gasteiger charge is 2.33. The topological polar surface area (TPSA) is 20.2 Å². The van der Waals surface area contributed by atoms with Gasteiger partial charge < -0.3 is 5.11 Å². The van der Waals surface area contributed by atoms with Crippen LogP contribution in [0.15, 0.2) is 22.7 Å². The third-order valence-electron chi connectivity index (χ3n) is 2.70. The Morgan fingerprint density at radius 1 is 1.22 bits per heavy atom. The minimum absolute atomic E-state index is 0.00481. The minimum atomic E-state index is -4.41. The number of hydrogen-bond acceptors (Lipinski definition) is 1. The summed E-state index contributed by atoms with van der Waals surface area (Å²) in [5.74, 6) is 0.414. The van der Waals surface area contributed by atoms with Gasteiger partial charge in [0.15, 0.2) is 0 Å². The largest absolute Gasteiger partial charge is 0.417 e. The third-order valence-corrected chi connectivity index (χ3v) is 3.39. The predicted molar refractivity (Wildman–Crippen MR) is 68.2 cm³/mol. The lowest BCUT2D eigenvalue weighted by molar-refractivity contribution is -0.138. The fourth-order valence-electron chi connectivity index (χ4n) is 1.63. The first-order chi connectivity index (χ1) is 8.21. The summed E-state index contributed by atoms with van der Waals surface area (Å²) in [6, 6.07) is 3.86. The first-order valence-electron chi connectivity index (χ1n) is 5.76. The quantitative estimate of drug-likeness (QED) is 0.831. The molecule has 1 nitrogen and oxygen atoms in total. The number of halogens is 4. The Morgan fingerprint density at radius 3 is 2.33 bits per heavy atom. The summed E-state index contributed by atoms with van der Waals surface area (Å²) >= 11 is 2.88. The Hall–Kier alpha value is -0.550. The minimum Gasteiger partial charge on any atom is -0.388 e. The van der Waals surface area contributed by atoms with Crippen molar-refractivity contribution in [1.82, 2.24) is 0 Å². The van der Waals surface area contributed by atoms with Crippen LogP contribution in [-0.4, -0.2) is 5.11 Å². The molecule has 0 spiro atoms. The van der Waals surface area contributed by atoms with Gasteiger partial charge in [-0.3, -0.25) is 0 Å². The number of alkyl halides is 3. The van der Waals surface area contributed by atoms with E-state index in [1.54, 1.807) is 0 Å². The van der Waals surface area contributed by atoms with Crippen LogP contribution in [0, 0.1) is 5.92 Å². The van der Waals surface area contributed by atoms with Crippen molar-refractivity contribution in [3.63, 3.8) is 0 Å². The Kier molecular flexibility index (Phi) is 5.22. The maximum Gasteiger partial charge on any atom is 0.417 e. The van der Waals surface area contributed by atoms with Gasteiger partial charge in [0, 0.05) is 4.47 Å². The first-order valence-corrected chi connectivity index (χ1v) is 6.56. The van der Waals surface area contributed by atoms with E-state index in [4.69, 9.17) is 0 Å². The molecule has 1 rings (SSSR count). The zero-order valence-corrected chi connectivity index (χ0v) is 11.8. The van der Waals surface area contributed by atoms with E-state index in [0.717, 1.165) is 12.5 Å². The van der Waals surface area contributed by atoms with Gasteiger partial charge in [-0.25, -0.2) is 0 Å². The van der Waals surface area contributed by atoms with E-state index in [9.17, 15) is 18.3 Å². The van der Waals surface area contributed by atoms with Crippen molar-refractivity contribution >= 4 is 15.9 Å². The molecular weight excluding hydrogens is 309 g/mol. The van der Waals surface area contributed by atoms with E-state index >= 15 is 0 Å². The molecule has 0 saturated carbocycles. The molecule has 0 aliphatic heterocycles. The molecule has 0 radical (unpaired) electrons. The van der Waals surface area contributed by atoms with Crippen molar-refractivity contribution in [2.24, 2.45) is 5.92 Å². The van der Waals surface area contributed by atoms with Gasteiger partial charge in [-0.2, -0.15) is 13.2 Å². The first kappa shape index (κ1) is 15.5. The number of aliphatic hydroxyl groups is 1. The standard InChI is InChI=1S/C13H16BrF3O/c1-8(2)3-6-12(18)9-4-5-11(14)10(7-9)13(15,16)17/h4-5,7-8,12,18H,3,6H2,1-2H3. The lowest BCUT2D eigenvalue weighted by Gasteiger charge is -2.16. The van der Waals surface area contributed by atoms with E-state index < -0.39 is 17.8 Å². The van der Waals surface area contributed by atoms with Crippen molar-refractivity contribution in [3.8, 4) is 0 Å². The fraction of sp³-hybridized carbons (Fsp3) is 0.538. The summed E-state index contributed by atoms with van der Waals surface area (Å²) in [5, 5.41) is 9.87. The molecule has 0 heterocycles. The van der Waals surface area contributed by atoms with Gasteiger partial charge in [-0.15, -0.1) is 0 Å². The summed E-state index contributed by atoms with van der Waals surface area (Å²) in [6.45, 7) is 4.02. The molecule has 1 N–H and O–H groups in total. The molecule has 0 bridgehead atoms. The summed E-state index contributed by atoms with van der Waals surface area (Å²) in [6.07, 6.45) is -4.01. The van der Waals surface area contributed by atoms with Gasteiger partial charge in [0.1, 0.15) is 0 Å². The van der Waals surface area contributed by atoms with Crippen LogP contribution in [0.1, 0.15) is 43.9 Å². The Morgan fingerprint density at radius 2 is 1.83 bits per heavy atom. The summed E-state index contributed by atoms with van der Waals surface area (Å²) in [7, 11) is 0. The van der Waals surface area contributed by atoms with Crippen LogP contribution in [0.4, 0.5) is 13.2 Å². The van der Waals surface area contributed by atoms with Gasteiger partial charge in [0.05, 0.1) is 11.7 Å². The molecule has 102 valence electrons. The molecule has 0 aliphatic carbocycles. The number of rotatable bonds is 4. The number of benzene rings is 1. The highest BCUT2D eigenvalue weighted by atomic mass is 79.9. The molecule has 0 aliphatic rings. The molecule has 18 heavy (non-hydrogen) atoms. The molecule has 5 heteroatoms. The fourth-order valence-corrected chi connectivity index (χ4v) is 2.10. The van der Waals surface area contributed by atoms with Gasteiger partial charge >= 0.3 is 6.18 Å². The average Bonchev–Trinajstić information content (AvgIpc) is 2.24. The summed E-state index contributed by atoms with van der Waals surface area (Å²) < 4.78 is 38.1. The number of aliphatic hydroxyl groups excluding tert-OH is 1. The maximum atomic E-state index is 12.7. The van der Waals surface area contributed by atoms with Crippen LogP contribution < -0.4 is 0 Å². The van der Waals surface area contributed by atoms with Crippen LogP contribution in [0.3, 0.4) is 0 Å². The third kappa shape index (κ3) is 4.28. The van der Waals surface area contributed by atoms with Crippen molar-refractivity contribution < 1.29 is 18.3 Å². The highest BCUT2D eigenvalue weighted by Crippen LogP contribution is 2.36. The van der Waals surface area contributed by atoms with Crippen molar-refractivity contribution in [3.05, 3.63) is 33.8 Å². The lowest BCUT2D eigenvalue weighted by atomic mass is 9.98. The van der Waals surface area contributed by atoms with Gasteiger partial charge in [0.2, 0.25) is 0 Å². The Bertz CT molecular complexity index is 402. The van der Waals surface area contributed by atoms with Gasteiger partial charge in [-0.1, -0.05) is 35.8 Å². The second kappa shape index (κ2) is 6.06. The monoisotopic (exact) mass is 324 g/mol. The van der Waals surface area contributed by atoms with Crippen LogP contribution in [0.5, 0.6) is 0 Å². The molecule has 0 aromatic heterocycles. The second-order valence-electron chi connectivity index (χ2n) is 4.72. The summed E-state index contributed by atoms with van der Waals surface area (Å²) in [4.78, 5) is 0. The molecule has 1 unspecified atom stereocenters. The van der Waals surface area contributed by atoms with E-state index in [1.165, 1.54) is 12.1 Å². The second-order valence-corrected chi connectivity index (χ2v) is 5.58. The van der Waals surface area contributed by atoms with Gasteiger partial charge in [-0.05, 0) is 36.5 Å². The highest BCUT2D eigenvalue weighted by molar-refractivity contribution is 9.10. The average molecular weight is 325 g/mol. The maximum absolute atomic E-state index is 12.7. The van der Waals surface area contributed by atoms with E-state index in [-0.39, 0.29) is 4.47 Å².